The van der Waals surface area contributed by atoms with Gasteiger partial charge in [0.1, 0.15) is 0 Å². The predicted octanol–water partition coefficient (Wildman–Crippen LogP) is 1.77. The first-order chi connectivity index (χ1) is 7.42. The number of nitrogens with zero attached hydrogens (tertiary/aromatic N) is 2. The van der Waals surface area contributed by atoms with Gasteiger partial charge in [-0.1, -0.05) is 0 Å². The number of anilines is 1. The van der Waals surface area contributed by atoms with Crippen molar-refractivity contribution in [2.24, 2.45) is 0 Å². The molecule has 2 N–H and O–H groups in total. The molecule has 5 nitrogen and oxygen atoms in total. The molecule has 1 rings (SSSR count). The van der Waals surface area contributed by atoms with Crippen molar-refractivity contribution < 1.29 is 9.90 Å². The number of nitrogens with one attached hydrogen (secondary N) is 1. The zero-order chi connectivity index (χ0) is 12.2. The molecule has 0 aromatic carbocycles. The van der Waals surface area contributed by atoms with Crippen LogP contribution in [0.5, 0.6) is 0 Å². The van der Waals surface area contributed by atoms with E-state index in [0.29, 0.717) is 18.2 Å². The maximum atomic E-state index is 11.8. The minimum absolute atomic E-state index is 0.237. The molecule has 90 valence electrons. The van der Waals surface area contributed by atoms with Crippen LogP contribution in [-0.4, -0.2) is 39.7 Å². The fraction of sp³-hybridized carbons (Fsp3) is 0.600. The lowest BCUT2D eigenvalue weighted by Crippen LogP contribution is -2.44. The Bertz CT molecular complexity index is 332. The third-order valence-electron chi connectivity index (χ3n) is 1.89. The average molecular weight is 243 g/mol. The van der Waals surface area contributed by atoms with Crippen LogP contribution in [0.25, 0.3) is 0 Å². The van der Waals surface area contributed by atoms with Crippen LogP contribution in [0.3, 0.4) is 0 Å². The van der Waals surface area contributed by atoms with Crippen LogP contribution in [0.2, 0.25) is 0 Å². The van der Waals surface area contributed by atoms with E-state index < -0.39 is 5.60 Å². The van der Waals surface area contributed by atoms with E-state index >= 15 is 0 Å². The van der Waals surface area contributed by atoms with E-state index in [9.17, 15) is 9.90 Å². The van der Waals surface area contributed by atoms with Gasteiger partial charge in [-0.2, -0.15) is 0 Å². The number of carbonyl (C=O) groups is 1. The number of hydrogen-bond acceptors (Lipinski definition) is 4. The number of aromatic nitrogens is 1. The summed E-state index contributed by atoms with van der Waals surface area (Å²) in [7, 11) is 0. The Hall–Kier alpha value is -1.14. The van der Waals surface area contributed by atoms with Gasteiger partial charge in [-0.25, -0.2) is 9.78 Å². The topological polar surface area (TPSA) is 65.5 Å². The molecule has 0 aliphatic carbocycles. The Kier molecular flexibility index (Phi) is 4.26. The Balaban J connectivity index is 2.56. The summed E-state index contributed by atoms with van der Waals surface area (Å²) in [5.74, 6) is 0. The number of thiazole rings is 1. The largest absolute Gasteiger partial charge is 0.389 e. The Labute approximate surface area is 99.1 Å². The number of aliphatic hydroxyl groups is 1. The molecule has 0 saturated carbocycles. The van der Waals surface area contributed by atoms with E-state index in [2.05, 4.69) is 10.3 Å². The maximum Gasteiger partial charge on any atom is 0.323 e. The zero-order valence-electron chi connectivity index (χ0n) is 9.73. The highest BCUT2D eigenvalue weighted by atomic mass is 32.1. The van der Waals surface area contributed by atoms with Gasteiger partial charge >= 0.3 is 6.03 Å². The molecular formula is C10H17N3O2S. The van der Waals surface area contributed by atoms with Gasteiger partial charge in [-0.3, -0.25) is 5.32 Å². The first-order valence-electron chi connectivity index (χ1n) is 5.10. The second-order valence-electron chi connectivity index (χ2n) is 4.09. The summed E-state index contributed by atoms with van der Waals surface area (Å²) in [6.45, 7) is 6.05. The second kappa shape index (κ2) is 5.27. The summed E-state index contributed by atoms with van der Waals surface area (Å²) >= 11 is 1.36. The second-order valence-corrected chi connectivity index (χ2v) is 4.99. The van der Waals surface area contributed by atoms with Crippen LogP contribution in [-0.2, 0) is 0 Å². The molecular weight excluding hydrogens is 226 g/mol. The van der Waals surface area contributed by atoms with Crippen molar-refractivity contribution >= 4 is 22.5 Å². The SMILES string of the molecule is CCN(CC(C)(C)O)C(=O)Nc1nccs1. The summed E-state index contributed by atoms with van der Waals surface area (Å²) in [5.41, 5.74) is -0.893. The highest BCUT2D eigenvalue weighted by Crippen LogP contribution is 2.12. The molecule has 0 fully saturated rings. The van der Waals surface area contributed by atoms with E-state index in [1.807, 2.05) is 6.92 Å². The molecule has 6 heteroatoms. The lowest BCUT2D eigenvalue weighted by atomic mass is 10.1. The van der Waals surface area contributed by atoms with Crippen LogP contribution in [0.1, 0.15) is 20.8 Å². The standard InChI is InChI=1S/C10H17N3O2S/c1-4-13(7-10(2,3)15)9(14)12-8-11-5-6-16-8/h5-6,15H,4,7H2,1-3H3,(H,11,12,14). The van der Waals surface area contributed by atoms with Crippen LogP contribution < -0.4 is 5.32 Å². The number of amides is 2. The number of hydrogen-bond donors (Lipinski definition) is 2. The third-order valence-corrected chi connectivity index (χ3v) is 2.58. The van der Waals surface area contributed by atoms with Crippen molar-refractivity contribution in [2.45, 2.75) is 26.4 Å². The van der Waals surface area contributed by atoms with Crippen molar-refractivity contribution in [1.82, 2.24) is 9.88 Å². The Morgan fingerprint density at radius 2 is 2.38 bits per heavy atom. The first kappa shape index (κ1) is 12.9. The normalized spacial score (nSPS) is 11.2. The molecule has 1 aromatic rings. The van der Waals surface area contributed by atoms with Gasteiger partial charge in [0.2, 0.25) is 0 Å². The smallest absolute Gasteiger partial charge is 0.323 e. The molecule has 0 radical (unpaired) electrons. The summed E-state index contributed by atoms with van der Waals surface area (Å²) in [4.78, 5) is 17.3. The minimum atomic E-state index is -0.893. The van der Waals surface area contributed by atoms with Gasteiger partial charge in [-0.15, -0.1) is 11.3 Å². The molecule has 0 unspecified atom stereocenters. The number of urea groups is 1. The quantitative estimate of drug-likeness (QED) is 0.847. The van der Waals surface area contributed by atoms with Gasteiger partial charge in [0, 0.05) is 18.1 Å². The molecule has 1 aromatic heterocycles. The minimum Gasteiger partial charge on any atom is -0.389 e. The van der Waals surface area contributed by atoms with Crippen molar-refractivity contribution in [3.05, 3.63) is 11.6 Å². The van der Waals surface area contributed by atoms with E-state index in [-0.39, 0.29) is 6.03 Å². The van der Waals surface area contributed by atoms with E-state index in [0.717, 1.165) is 0 Å². The number of rotatable bonds is 4. The highest BCUT2D eigenvalue weighted by Gasteiger charge is 2.21. The lowest BCUT2D eigenvalue weighted by molar-refractivity contribution is 0.0501. The fourth-order valence-corrected chi connectivity index (χ4v) is 1.77. The molecule has 0 bridgehead atoms. The molecule has 0 saturated heterocycles. The van der Waals surface area contributed by atoms with Crippen molar-refractivity contribution in [3.8, 4) is 0 Å². The zero-order valence-corrected chi connectivity index (χ0v) is 10.5. The van der Waals surface area contributed by atoms with Crippen LogP contribution in [0, 0.1) is 0 Å². The lowest BCUT2D eigenvalue weighted by Gasteiger charge is -2.27. The predicted molar refractivity (Wildman–Crippen MR) is 64.7 cm³/mol. The summed E-state index contributed by atoms with van der Waals surface area (Å²) in [6.07, 6.45) is 1.63. The molecule has 0 spiro atoms. The fourth-order valence-electron chi connectivity index (χ4n) is 1.25. The van der Waals surface area contributed by atoms with Gasteiger partial charge in [0.05, 0.1) is 12.1 Å². The molecule has 2 amide bonds. The van der Waals surface area contributed by atoms with E-state index in [1.54, 1.807) is 30.3 Å². The average Bonchev–Trinajstić information content (AvgIpc) is 2.65. The van der Waals surface area contributed by atoms with Crippen LogP contribution >= 0.6 is 11.3 Å². The summed E-state index contributed by atoms with van der Waals surface area (Å²) < 4.78 is 0. The van der Waals surface area contributed by atoms with Gasteiger partial charge in [0.15, 0.2) is 5.13 Å². The first-order valence-corrected chi connectivity index (χ1v) is 5.98. The summed E-state index contributed by atoms with van der Waals surface area (Å²) in [6, 6.07) is -0.237. The van der Waals surface area contributed by atoms with Gasteiger partial charge in [-0.05, 0) is 20.8 Å². The van der Waals surface area contributed by atoms with Crippen LogP contribution in [0.4, 0.5) is 9.93 Å². The maximum absolute atomic E-state index is 11.8. The molecule has 0 atom stereocenters. The highest BCUT2D eigenvalue weighted by molar-refractivity contribution is 7.13. The number of carbonyl (C=O) groups excluding carboxylic acids is 1. The van der Waals surface area contributed by atoms with Crippen LogP contribution in [0.15, 0.2) is 11.6 Å². The van der Waals surface area contributed by atoms with Gasteiger partial charge < -0.3 is 10.0 Å². The molecule has 0 aliphatic heterocycles. The summed E-state index contributed by atoms with van der Waals surface area (Å²) in [5, 5.41) is 14.7. The Morgan fingerprint density at radius 1 is 1.69 bits per heavy atom. The molecule has 1 heterocycles. The van der Waals surface area contributed by atoms with Crippen molar-refractivity contribution in [3.63, 3.8) is 0 Å². The van der Waals surface area contributed by atoms with Gasteiger partial charge in [0.25, 0.3) is 0 Å². The Morgan fingerprint density at radius 3 is 2.81 bits per heavy atom. The molecule has 16 heavy (non-hydrogen) atoms. The van der Waals surface area contributed by atoms with Crippen molar-refractivity contribution in [2.75, 3.05) is 18.4 Å². The van der Waals surface area contributed by atoms with E-state index in [4.69, 9.17) is 0 Å². The molecule has 0 aliphatic rings. The third kappa shape index (κ3) is 4.16. The van der Waals surface area contributed by atoms with Crippen molar-refractivity contribution in [1.29, 1.82) is 0 Å². The monoisotopic (exact) mass is 243 g/mol. The van der Waals surface area contributed by atoms with E-state index in [1.165, 1.54) is 11.3 Å². The number of likely N-dealkylation sites (N-methyl/N-ethyl adjacent to an activating group) is 1.